The van der Waals surface area contributed by atoms with Crippen LogP contribution in [0.5, 0.6) is 0 Å². The van der Waals surface area contributed by atoms with Crippen molar-refractivity contribution < 1.29 is 9.90 Å². The number of nitrogens with two attached hydrogens (primary N) is 1. The summed E-state index contributed by atoms with van der Waals surface area (Å²) < 4.78 is 0. The van der Waals surface area contributed by atoms with Crippen molar-refractivity contribution >= 4 is 5.97 Å². The minimum Gasteiger partial charge on any atom is -0.481 e. The number of aliphatic carboxylic acids is 1. The van der Waals surface area contributed by atoms with Gasteiger partial charge in [0.15, 0.2) is 0 Å². The lowest BCUT2D eigenvalue weighted by Gasteiger charge is -2.24. The van der Waals surface area contributed by atoms with Crippen LogP contribution in [0.3, 0.4) is 0 Å². The molecule has 11 heavy (non-hydrogen) atoms. The van der Waals surface area contributed by atoms with Crippen molar-refractivity contribution in [3.63, 3.8) is 0 Å². The van der Waals surface area contributed by atoms with Crippen LogP contribution in [0.25, 0.3) is 0 Å². The third-order valence-electron chi connectivity index (χ3n) is 2.29. The zero-order chi connectivity index (χ0) is 8.27. The van der Waals surface area contributed by atoms with Gasteiger partial charge in [0.25, 0.3) is 0 Å². The molecule has 1 saturated carbocycles. The van der Waals surface area contributed by atoms with Crippen LogP contribution in [0.15, 0.2) is 0 Å². The standard InChI is InChI=1S/C8H15NO2/c9-7-3-1-2-6(4-7)5-8(10)11/h6-7H,1-5,9H2,(H,10,11)/t6-,7+/m0/s1. The number of hydrogen-bond donors (Lipinski definition) is 2. The summed E-state index contributed by atoms with van der Waals surface area (Å²) in [6.45, 7) is 0. The molecule has 0 aliphatic heterocycles. The number of carboxylic acids is 1. The maximum Gasteiger partial charge on any atom is 0.303 e. The van der Waals surface area contributed by atoms with Crippen LogP contribution in [0.4, 0.5) is 0 Å². The topological polar surface area (TPSA) is 63.3 Å². The zero-order valence-electron chi connectivity index (χ0n) is 6.62. The quantitative estimate of drug-likeness (QED) is 0.628. The van der Waals surface area contributed by atoms with Crippen LogP contribution >= 0.6 is 0 Å². The van der Waals surface area contributed by atoms with Crippen LogP contribution in [-0.4, -0.2) is 17.1 Å². The van der Waals surface area contributed by atoms with E-state index in [0.717, 1.165) is 25.7 Å². The largest absolute Gasteiger partial charge is 0.481 e. The Morgan fingerprint density at radius 3 is 2.82 bits per heavy atom. The molecule has 0 aromatic rings. The first kappa shape index (κ1) is 8.53. The highest BCUT2D eigenvalue weighted by Crippen LogP contribution is 2.25. The predicted octanol–water partition coefficient (Wildman–Crippen LogP) is 0.979. The monoisotopic (exact) mass is 157 g/mol. The minimum atomic E-state index is -0.691. The van der Waals surface area contributed by atoms with Crippen LogP contribution in [0.2, 0.25) is 0 Å². The lowest BCUT2D eigenvalue weighted by Crippen LogP contribution is -2.28. The molecule has 0 radical (unpaired) electrons. The van der Waals surface area contributed by atoms with Crippen molar-refractivity contribution in [2.24, 2.45) is 11.7 Å². The molecule has 0 spiro atoms. The van der Waals surface area contributed by atoms with E-state index >= 15 is 0 Å². The van der Waals surface area contributed by atoms with E-state index in [0.29, 0.717) is 12.3 Å². The third-order valence-corrected chi connectivity index (χ3v) is 2.29. The Bertz CT molecular complexity index is 147. The predicted molar refractivity (Wildman–Crippen MR) is 42.2 cm³/mol. The van der Waals surface area contributed by atoms with Gasteiger partial charge in [-0.1, -0.05) is 6.42 Å². The van der Waals surface area contributed by atoms with Gasteiger partial charge in [0.05, 0.1) is 0 Å². The summed E-state index contributed by atoms with van der Waals surface area (Å²) in [4.78, 5) is 10.3. The van der Waals surface area contributed by atoms with Gasteiger partial charge in [-0.2, -0.15) is 0 Å². The van der Waals surface area contributed by atoms with E-state index in [9.17, 15) is 4.79 Å². The first-order valence-electron chi connectivity index (χ1n) is 4.16. The average molecular weight is 157 g/mol. The van der Waals surface area contributed by atoms with Crippen molar-refractivity contribution in [2.45, 2.75) is 38.1 Å². The second-order valence-electron chi connectivity index (χ2n) is 3.39. The molecular weight excluding hydrogens is 142 g/mol. The number of hydrogen-bond acceptors (Lipinski definition) is 2. The normalized spacial score (nSPS) is 31.7. The van der Waals surface area contributed by atoms with Crippen molar-refractivity contribution in [2.75, 3.05) is 0 Å². The van der Waals surface area contributed by atoms with E-state index in [2.05, 4.69) is 0 Å². The molecule has 3 N–H and O–H groups in total. The lowest BCUT2D eigenvalue weighted by molar-refractivity contribution is -0.138. The summed E-state index contributed by atoms with van der Waals surface area (Å²) >= 11 is 0. The van der Waals surface area contributed by atoms with Gasteiger partial charge in [-0.3, -0.25) is 4.79 Å². The number of rotatable bonds is 2. The highest BCUT2D eigenvalue weighted by Gasteiger charge is 2.20. The van der Waals surface area contributed by atoms with Crippen LogP contribution in [-0.2, 0) is 4.79 Å². The Kier molecular flexibility index (Phi) is 2.88. The smallest absolute Gasteiger partial charge is 0.303 e. The Morgan fingerprint density at radius 1 is 1.55 bits per heavy atom. The first-order chi connectivity index (χ1) is 5.18. The van der Waals surface area contributed by atoms with Crippen LogP contribution in [0.1, 0.15) is 32.1 Å². The second kappa shape index (κ2) is 3.72. The van der Waals surface area contributed by atoms with Crippen LogP contribution in [0, 0.1) is 5.92 Å². The molecule has 1 fully saturated rings. The highest BCUT2D eigenvalue weighted by molar-refractivity contribution is 5.67. The summed E-state index contributed by atoms with van der Waals surface area (Å²) in [5.74, 6) is -0.361. The first-order valence-corrected chi connectivity index (χ1v) is 4.16. The van der Waals surface area contributed by atoms with Gasteiger partial charge in [0, 0.05) is 12.5 Å². The molecule has 0 aromatic heterocycles. The maximum atomic E-state index is 10.3. The van der Waals surface area contributed by atoms with E-state index in [1.165, 1.54) is 0 Å². The number of carboxylic acid groups (broad SMARTS) is 1. The Labute approximate surface area is 66.6 Å². The summed E-state index contributed by atoms with van der Waals surface area (Å²) in [5, 5.41) is 8.51. The highest BCUT2D eigenvalue weighted by atomic mass is 16.4. The minimum absolute atomic E-state index is 0.244. The molecule has 0 bridgehead atoms. The van der Waals surface area contributed by atoms with Gasteiger partial charge >= 0.3 is 5.97 Å². The Morgan fingerprint density at radius 2 is 2.27 bits per heavy atom. The summed E-state index contributed by atoms with van der Waals surface area (Å²) in [6, 6.07) is 0.244. The second-order valence-corrected chi connectivity index (χ2v) is 3.39. The van der Waals surface area contributed by atoms with Gasteiger partial charge in [-0.25, -0.2) is 0 Å². The number of carbonyl (C=O) groups is 1. The molecule has 0 saturated heterocycles. The molecule has 0 heterocycles. The summed E-state index contributed by atoms with van der Waals surface area (Å²) in [6.07, 6.45) is 4.40. The van der Waals surface area contributed by atoms with E-state index in [4.69, 9.17) is 10.8 Å². The van der Waals surface area contributed by atoms with E-state index < -0.39 is 5.97 Å². The van der Waals surface area contributed by atoms with E-state index in [-0.39, 0.29) is 6.04 Å². The third kappa shape index (κ3) is 2.89. The molecule has 64 valence electrons. The van der Waals surface area contributed by atoms with Crippen molar-refractivity contribution in [3.8, 4) is 0 Å². The molecule has 0 aromatic carbocycles. The summed E-state index contributed by atoms with van der Waals surface area (Å²) in [7, 11) is 0. The molecule has 1 aliphatic carbocycles. The van der Waals surface area contributed by atoms with Gasteiger partial charge in [0.1, 0.15) is 0 Å². The maximum absolute atomic E-state index is 10.3. The average Bonchev–Trinajstić information content (AvgIpc) is 1.85. The van der Waals surface area contributed by atoms with Crippen molar-refractivity contribution in [3.05, 3.63) is 0 Å². The van der Waals surface area contributed by atoms with Gasteiger partial charge in [-0.15, -0.1) is 0 Å². The molecule has 3 nitrogen and oxygen atoms in total. The Hall–Kier alpha value is -0.570. The lowest BCUT2D eigenvalue weighted by atomic mass is 9.84. The molecule has 1 aliphatic rings. The fourth-order valence-electron chi connectivity index (χ4n) is 1.76. The van der Waals surface area contributed by atoms with Gasteiger partial charge in [0.2, 0.25) is 0 Å². The zero-order valence-corrected chi connectivity index (χ0v) is 6.62. The molecule has 3 heteroatoms. The summed E-state index contributed by atoms with van der Waals surface area (Å²) in [5.41, 5.74) is 5.71. The van der Waals surface area contributed by atoms with Crippen LogP contribution < -0.4 is 5.73 Å². The van der Waals surface area contributed by atoms with Crippen molar-refractivity contribution in [1.82, 2.24) is 0 Å². The van der Waals surface area contributed by atoms with Gasteiger partial charge in [-0.05, 0) is 25.2 Å². The van der Waals surface area contributed by atoms with E-state index in [1.807, 2.05) is 0 Å². The fraction of sp³-hybridized carbons (Fsp3) is 0.875. The molecule has 2 atom stereocenters. The van der Waals surface area contributed by atoms with Gasteiger partial charge < -0.3 is 10.8 Å². The SMILES string of the molecule is N[C@@H]1CCC[C@H](CC(=O)O)C1. The van der Waals surface area contributed by atoms with E-state index in [1.54, 1.807) is 0 Å². The Balaban J connectivity index is 2.28. The molecular formula is C8H15NO2. The van der Waals surface area contributed by atoms with Crippen molar-refractivity contribution in [1.29, 1.82) is 0 Å². The fourth-order valence-corrected chi connectivity index (χ4v) is 1.76. The molecule has 0 unspecified atom stereocenters. The molecule has 1 rings (SSSR count). The molecule has 0 amide bonds.